The maximum Gasteiger partial charge on any atom is 0.320 e. The van der Waals surface area contributed by atoms with E-state index in [0.29, 0.717) is 6.42 Å². The highest BCUT2D eigenvalue weighted by Gasteiger charge is 2.13. The van der Waals surface area contributed by atoms with Crippen LogP contribution in [0.2, 0.25) is 0 Å². The predicted molar refractivity (Wildman–Crippen MR) is 69.0 cm³/mol. The molecule has 0 saturated heterocycles. The standard InChI is InChI=1S/C14H21NO2/c1-2-3-4-7-11-8-5-6-9-12(11)10-13(15)14(16)17/h5-6,8-9,13H,2-4,7,10,15H2,1H3,(H,16,17). The lowest BCUT2D eigenvalue weighted by Crippen LogP contribution is -2.32. The number of aryl methyl sites for hydroxylation is 1. The van der Waals surface area contributed by atoms with Crippen molar-refractivity contribution in [1.82, 2.24) is 0 Å². The molecule has 0 saturated carbocycles. The largest absolute Gasteiger partial charge is 0.480 e. The van der Waals surface area contributed by atoms with Gasteiger partial charge in [-0.15, -0.1) is 0 Å². The Morgan fingerprint density at radius 3 is 2.53 bits per heavy atom. The first-order valence-electron chi connectivity index (χ1n) is 6.20. The van der Waals surface area contributed by atoms with E-state index in [1.807, 2.05) is 18.2 Å². The highest BCUT2D eigenvalue weighted by molar-refractivity contribution is 5.73. The molecule has 0 amide bonds. The quantitative estimate of drug-likeness (QED) is 0.713. The van der Waals surface area contributed by atoms with Crippen LogP contribution in [-0.2, 0) is 17.6 Å². The zero-order valence-corrected chi connectivity index (χ0v) is 10.4. The molecule has 3 nitrogen and oxygen atoms in total. The summed E-state index contributed by atoms with van der Waals surface area (Å²) < 4.78 is 0. The smallest absolute Gasteiger partial charge is 0.320 e. The summed E-state index contributed by atoms with van der Waals surface area (Å²) >= 11 is 0. The average Bonchev–Trinajstić information content (AvgIpc) is 2.31. The zero-order valence-electron chi connectivity index (χ0n) is 10.4. The molecule has 94 valence electrons. The number of rotatable bonds is 7. The summed E-state index contributed by atoms with van der Waals surface area (Å²) in [5, 5.41) is 8.82. The fourth-order valence-electron chi connectivity index (χ4n) is 1.89. The highest BCUT2D eigenvalue weighted by Crippen LogP contribution is 2.14. The van der Waals surface area contributed by atoms with E-state index in [1.54, 1.807) is 0 Å². The van der Waals surface area contributed by atoms with Gasteiger partial charge in [0.1, 0.15) is 6.04 Å². The molecule has 0 heterocycles. The molecule has 1 rings (SSSR count). The molecular formula is C14H21NO2. The lowest BCUT2D eigenvalue weighted by Gasteiger charge is -2.11. The molecule has 0 aromatic heterocycles. The van der Waals surface area contributed by atoms with Crippen LogP contribution < -0.4 is 5.73 Å². The van der Waals surface area contributed by atoms with Crippen molar-refractivity contribution in [3.05, 3.63) is 35.4 Å². The average molecular weight is 235 g/mol. The van der Waals surface area contributed by atoms with Crippen LogP contribution in [0.25, 0.3) is 0 Å². The molecular weight excluding hydrogens is 214 g/mol. The van der Waals surface area contributed by atoms with Gasteiger partial charge in [-0.3, -0.25) is 4.79 Å². The normalized spacial score (nSPS) is 12.4. The SMILES string of the molecule is CCCCCc1ccccc1CC(N)C(=O)O. The fourth-order valence-corrected chi connectivity index (χ4v) is 1.89. The van der Waals surface area contributed by atoms with Crippen molar-refractivity contribution in [3.8, 4) is 0 Å². The molecule has 0 radical (unpaired) electrons. The summed E-state index contributed by atoms with van der Waals surface area (Å²) in [5.41, 5.74) is 7.87. The van der Waals surface area contributed by atoms with Gasteiger partial charge >= 0.3 is 5.97 Å². The third kappa shape index (κ3) is 4.57. The summed E-state index contributed by atoms with van der Waals surface area (Å²) in [6.45, 7) is 2.17. The molecule has 3 heteroatoms. The van der Waals surface area contributed by atoms with Crippen molar-refractivity contribution in [3.63, 3.8) is 0 Å². The number of hydrogen-bond donors (Lipinski definition) is 2. The first-order valence-corrected chi connectivity index (χ1v) is 6.20. The maximum absolute atomic E-state index is 10.8. The van der Waals surface area contributed by atoms with E-state index in [-0.39, 0.29) is 0 Å². The van der Waals surface area contributed by atoms with Gasteiger partial charge in [0.25, 0.3) is 0 Å². The third-order valence-corrected chi connectivity index (χ3v) is 2.93. The maximum atomic E-state index is 10.8. The second kappa shape index (κ2) is 7.07. The van der Waals surface area contributed by atoms with Gasteiger partial charge in [-0.1, -0.05) is 44.0 Å². The highest BCUT2D eigenvalue weighted by atomic mass is 16.4. The van der Waals surface area contributed by atoms with E-state index >= 15 is 0 Å². The monoisotopic (exact) mass is 235 g/mol. The first-order chi connectivity index (χ1) is 8.15. The van der Waals surface area contributed by atoms with Gasteiger partial charge in [0, 0.05) is 0 Å². The second-order valence-corrected chi connectivity index (χ2v) is 4.37. The Morgan fingerprint density at radius 1 is 1.29 bits per heavy atom. The van der Waals surface area contributed by atoms with E-state index in [2.05, 4.69) is 13.0 Å². The van der Waals surface area contributed by atoms with Crippen LogP contribution in [0.4, 0.5) is 0 Å². The van der Waals surface area contributed by atoms with Crippen molar-refractivity contribution in [2.75, 3.05) is 0 Å². The topological polar surface area (TPSA) is 63.3 Å². The predicted octanol–water partition coefficient (Wildman–Crippen LogP) is 2.37. The van der Waals surface area contributed by atoms with Gasteiger partial charge in [0.2, 0.25) is 0 Å². The first kappa shape index (κ1) is 13.7. The number of unbranched alkanes of at least 4 members (excludes halogenated alkanes) is 2. The van der Waals surface area contributed by atoms with Crippen molar-refractivity contribution >= 4 is 5.97 Å². The summed E-state index contributed by atoms with van der Waals surface area (Å²) in [7, 11) is 0. The Bertz CT molecular complexity index is 363. The van der Waals surface area contributed by atoms with E-state index < -0.39 is 12.0 Å². The van der Waals surface area contributed by atoms with Gasteiger partial charge in [-0.05, 0) is 30.4 Å². The minimum atomic E-state index is -0.937. The van der Waals surface area contributed by atoms with Gasteiger partial charge in [0.05, 0.1) is 0 Å². The molecule has 1 atom stereocenters. The summed E-state index contributed by atoms with van der Waals surface area (Å²) in [5.74, 6) is -0.937. The molecule has 1 unspecified atom stereocenters. The number of nitrogens with two attached hydrogens (primary N) is 1. The Hall–Kier alpha value is -1.35. The Kier molecular flexibility index (Phi) is 5.70. The molecule has 1 aromatic rings. The third-order valence-electron chi connectivity index (χ3n) is 2.93. The summed E-state index contributed by atoms with van der Waals surface area (Å²) in [6, 6.07) is 7.18. The van der Waals surface area contributed by atoms with Crippen LogP contribution in [0.15, 0.2) is 24.3 Å². The van der Waals surface area contributed by atoms with Crippen LogP contribution >= 0.6 is 0 Å². The second-order valence-electron chi connectivity index (χ2n) is 4.37. The molecule has 17 heavy (non-hydrogen) atoms. The van der Waals surface area contributed by atoms with Crippen molar-refractivity contribution < 1.29 is 9.90 Å². The number of benzene rings is 1. The molecule has 0 aliphatic rings. The van der Waals surface area contributed by atoms with E-state index in [9.17, 15) is 4.79 Å². The molecule has 0 spiro atoms. The number of hydrogen-bond acceptors (Lipinski definition) is 2. The minimum Gasteiger partial charge on any atom is -0.480 e. The lowest BCUT2D eigenvalue weighted by atomic mass is 9.97. The van der Waals surface area contributed by atoms with E-state index in [0.717, 1.165) is 18.4 Å². The van der Waals surface area contributed by atoms with E-state index in [4.69, 9.17) is 10.8 Å². The Labute approximate surface area is 103 Å². The molecule has 1 aromatic carbocycles. The molecule has 0 aliphatic heterocycles. The van der Waals surface area contributed by atoms with Crippen molar-refractivity contribution in [1.29, 1.82) is 0 Å². The van der Waals surface area contributed by atoms with Crippen LogP contribution in [-0.4, -0.2) is 17.1 Å². The summed E-state index contributed by atoms with van der Waals surface area (Å²) in [6.07, 6.45) is 4.97. The molecule has 0 fully saturated rings. The van der Waals surface area contributed by atoms with Gasteiger partial charge in [-0.25, -0.2) is 0 Å². The number of carboxylic acid groups (broad SMARTS) is 1. The number of carbonyl (C=O) groups is 1. The lowest BCUT2D eigenvalue weighted by molar-refractivity contribution is -0.138. The van der Waals surface area contributed by atoms with Crippen LogP contribution in [0.1, 0.15) is 37.3 Å². The van der Waals surface area contributed by atoms with Crippen LogP contribution in [0, 0.1) is 0 Å². The number of carboxylic acids is 1. The Balaban J connectivity index is 2.66. The van der Waals surface area contributed by atoms with E-state index in [1.165, 1.54) is 18.4 Å². The van der Waals surface area contributed by atoms with Crippen molar-refractivity contribution in [2.45, 2.75) is 45.1 Å². The van der Waals surface area contributed by atoms with Crippen LogP contribution in [0.5, 0.6) is 0 Å². The zero-order chi connectivity index (χ0) is 12.7. The number of aliphatic carboxylic acids is 1. The van der Waals surface area contributed by atoms with Gasteiger partial charge in [-0.2, -0.15) is 0 Å². The van der Waals surface area contributed by atoms with Crippen molar-refractivity contribution in [2.24, 2.45) is 5.73 Å². The minimum absolute atomic E-state index is 0.414. The molecule has 0 aliphatic carbocycles. The summed E-state index contributed by atoms with van der Waals surface area (Å²) in [4.78, 5) is 10.8. The molecule has 3 N–H and O–H groups in total. The Morgan fingerprint density at radius 2 is 1.94 bits per heavy atom. The van der Waals surface area contributed by atoms with Gasteiger partial charge in [0.15, 0.2) is 0 Å². The molecule has 0 bridgehead atoms. The van der Waals surface area contributed by atoms with Gasteiger partial charge < -0.3 is 10.8 Å². The fraction of sp³-hybridized carbons (Fsp3) is 0.500. The van der Waals surface area contributed by atoms with Crippen LogP contribution in [0.3, 0.4) is 0 Å².